The number of nitrogens with zero attached hydrogens (tertiary/aromatic N) is 1. The van der Waals surface area contributed by atoms with Crippen LogP contribution in [0.4, 0.5) is 5.69 Å². The fourth-order valence-electron chi connectivity index (χ4n) is 2.25. The first-order valence-corrected chi connectivity index (χ1v) is 7.63. The molecule has 0 aliphatic carbocycles. The smallest absolute Gasteiger partial charge is 0.141 e. The molecule has 4 nitrogen and oxygen atoms in total. The maximum atomic E-state index is 5.96. The SMILES string of the molecule is COc1ccc(-c2nc(-c3ccccc3OC)cs2)cc1N. The first kappa shape index (κ1) is 14.4. The Hall–Kier alpha value is -2.53. The minimum absolute atomic E-state index is 0.606. The van der Waals surface area contributed by atoms with E-state index in [-0.39, 0.29) is 0 Å². The van der Waals surface area contributed by atoms with Gasteiger partial charge in [0.25, 0.3) is 0 Å². The van der Waals surface area contributed by atoms with Crippen LogP contribution in [0.5, 0.6) is 11.5 Å². The molecule has 22 heavy (non-hydrogen) atoms. The second kappa shape index (κ2) is 6.07. The number of hydrogen-bond donors (Lipinski definition) is 1. The van der Waals surface area contributed by atoms with Crippen molar-refractivity contribution in [3.63, 3.8) is 0 Å². The highest BCUT2D eigenvalue weighted by Gasteiger charge is 2.11. The molecule has 1 aromatic heterocycles. The molecule has 1 heterocycles. The van der Waals surface area contributed by atoms with Gasteiger partial charge in [0.05, 0.1) is 25.6 Å². The average Bonchev–Trinajstić information content (AvgIpc) is 3.04. The van der Waals surface area contributed by atoms with Crippen LogP contribution in [-0.4, -0.2) is 19.2 Å². The van der Waals surface area contributed by atoms with Crippen LogP contribution in [0.3, 0.4) is 0 Å². The maximum Gasteiger partial charge on any atom is 0.141 e. The van der Waals surface area contributed by atoms with E-state index in [1.54, 1.807) is 25.6 Å². The molecule has 0 aliphatic heterocycles. The Bertz CT molecular complexity index is 799. The molecule has 0 fully saturated rings. The van der Waals surface area contributed by atoms with Crippen molar-refractivity contribution in [2.45, 2.75) is 0 Å². The lowest BCUT2D eigenvalue weighted by Crippen LogP contribution is -1.92. The summed E-state index contributed by atoms with van der Waals surface area (Å²) in [4.78, 5) is 4.70. The van der Waals surface area contributed by atoms with Gasteiger partial charge in [-0.3, -0.25) is 0 Å². The van der Waals surface area contributed by atoms with Crippen LogP contribution in [0.25, 0.3) is 21.8 Å². The number of para-hydroxylation sites is 1. The number of aromatic nitrogens is 1. The highest BCUT2D eigenvalue weighted by atomic mass is 32.1. The van der Waals surface area contributed by atoms with E-state index in [0.717, 1.165) is 27.6 Å². The van der Waals surface area contributed by atoms with Crippen molar-refractivity contribution in [2.75, 3.05) is 20.0 Å². The number of thiazole rings is 1. The molecule has 3 aromatic rings. The molecule has 0 unspecified atom stereocenters. The number of rotatable bonds is 4. The average molecular weight is 312 g/mol. The number of nitrogens with two attached hydrogens (primary N) is 1. The van der Waals surface area contributed by atoms with Crippen molar-refractivity contribution in [1.29, 1.82) is 0 Å². The standard InChI is InChI=1S/C17H16N2O2S/c1-20-15-6-4-3-5-12(15)14-10-22-17(19-14)11-7-8-16(21-2)13(18)9-11/h3-10H,18H2,1-2H3. The van der Waals surface area contributed by atoms with E-state index in [1.807, 2.05) is 47.8 Å². The lowest BCUT2D eigenvalue weighted by Gasteiger charge is -2.06. The number of anilines is 1. The summed E-state index contributed by atoms with van der Waals surface area (Å²) in [5.74, 6) is 1.49. The molecule has 5 heteroatoms. The number of nitrogen functional groups attached to an aromatic ring is 1. The predicted molar refractivity (Wildman–Crippen MR) is 90.5 cm³/mol. The van der Waals surface area contributed by atoms with Crippen molar-refractivity contribution in [2.24, 2.45) is 0 Å². The van der Waals surface area contributed by atoms with E-state index in [2.05, 4.69) is 0 Å². The summed E-state index contributed by atoms with van der Waals surface area (Å²) >= 11 is 1.58. The van der Waals surface area contributed by atoms with Gasteiger partial charge in [0.2, 0.25) is 0 Å². The minimum atomic E-state index is 0.606. The summed E-state index contributed by atoms with van der Waals surface area (Å²) in [6.07, 6.45) is 0. The summed E-state index contributed by atoms with van der Waals surface area (Å²) in [5, 5.41) is 2.93. The second-order valence-electron chi connectivity index (χ2n) is 4.69. The quantitative estimate of drug-likeness (QED) is 0.738. The molecule has 0 atom stereocenters. The lowest BCUT2D eigenvalue weighted by atomic mass is 10.1. The van der Waals surface area contributed by atoms with Gasteiger partial charge in [-0.1, -0.05) is 12.1 Å². The Kier molecular flexibility index (Phi) is 3.98. The molecule has 2 N–H and O–H groups in total. The Labute approximate surface area is 133 Å². The fourth-order valence-corrected chi connectivity index (χ4v) is 3.07. The zero-order valence-corrected chi connectivity index (χ0v) is 13.2. The normalized spacial score (nSPS) is 10.5. The zero-order chi connectivity index (χ0) is 15.5. The van der Waals surface area contributed by atoms with E-state index in [9.17, 15) is 0 Å². The van der Waals surface area contributed by atoms with Crippen molar-refractivity contribution in [3.8, 4) is 33.3 Å². The summed E-state index contributed by atoms with van der Waals surface area (Å²) < 4.78 is 10.6. The van der Waals surface area contributed by atoms with E-state index in [4.69, 9.17) is 20.2 Å². The van der Waals surface area contributed by atoms with Crippen LogP contribution < -0.4 is 15.2 Å². The first-order valence-electron chi connectivity index (χ1n) is 6.75. The fraction of sp³-hybridized carbons (Fsp3) is 0.118. The Morgan fingerprint density at radius 2 is 1.77 bits per heavy atom. The molecule has 112 valence electrons. The largest absolute Gasteiger partial charge is 0.496 e. The molecule has 0 saturated heterocycles. The highest BCUT2D eigenvalue weighted by molar-refractivity contribution is 7.13. The van der Waals surface area contributed by atoms with Gasteiger partial charge in [-0.05, 0) is 30.3 Å². The van der Waals surface area contributed by atoms with Gasteiger partial charge < -0.3 is 15.2 Å². The molecule has 0 spiro atoms. The summed E-state index contributed by atoms with van der Waals surface area (Å²) in [7, 11) is 3.27. The van der Waals surface area contributed by atoms with E-state index >= 15 is 0 Å². The van der Waals surface area contributed by atoms with Crippen molar-refractivity contribution >= 4 is 17.0 Å². The van der Waals surface area contributed by atoms with Crippen LogP contribution in [0.2, 0.25) is 0 Å². The number of methoxy groups -OCH3 is 2. The second-order valence-corrected chi connectivity index (χ2v) is 5.55. The van der Waals surface area contributed by atoms with Gasteiger partial charge >= 0.3 is 0 Å². The third kappa shape index (κ3) is 2.63. The first-order chi connectivity index (χ1) is 10.7. The van der Waals surface area contributed by atoms with Crippen LogP contribution in [0, 0.1) is 0 Å². The Morgan fingerprint density at radius 1 is 1.00 bits per heavy atom. The van der Waals surface area contributed by atoms with Gasteiger partial charge in [0, 0.05) is 16.5 Å². The summed E-state index contributed by atoms with van der Waals surface area (Å²) in [5.41, 5.74) is 9.42. The summed E-state index contributed by atoms with van der Waals surface area (Å²) in [6.45, 7) is 0. The minimum Gasteiger partial charge on any atom is -0.496 e. The van der Waals surface area contributed by atoms with E-state index in [1.165, 1.54) is 0 Å². The topological polar surface area (TPSA) is 57.4 Å². The molecule has 2 aromatic carbocycles. The highest BCUT2D eigenvalue weighted by Crippen LogP contribution is 2.35. The molecule has 0 amide bonds. The van der Waals surface area contributed by atoms with Crippen LogP contribution in [-0.2, 0) is 0 Å². The van der Waals surface area contributed by atoms with Gasteiger partial charge in [0.1, 0.15) is 16.5 Å². The number of benzene rings is 2. The van der Waals surface area contributed by atoms with Crippen molar-refractivity contribution in [3.05, 3.63) is 47.8 Å². The predicted octanol–water partition coefficient (Wildman–Crippen LogP) is 4.08. The number of ether oxygens (including phenoxy) is 2. The van der Waals surface area contributed by atoms with E-state index < -0.39 is 0 Å². The molecule has 0 bridgehead atoms. The van der Waals surface area contributed by atoms with Gasteiger partial charge in [-0.15, -0.1) is 11.3 Å². The van der Waals surface area contributed by atoms with E-state index in [0.29, 0.717) is 11.4 Å². The van der Waals surface area contributed by atoms with Gasteiger partial charge in [0.15, 0.2) is 0 Å². The monoisotopic (exact) mass is 312 g/mol. The summed E-state index contributed by atoms with van der Waals surface area (Å²) in [6, 6.07) is 13.5. The molecule has 0 saturated carbocycles. The van der Waals surface area contributed by atoms with Crippen LogP contribution in [0.15, 0.2) is 47.8 Å². The van der Waals surface area contributed by atoms with Gasteiger partial charge in [-0.2, -0.15) is 0 Å². The maximum absolute atomic E-state index is 5.96. The third-order valence-electron chi connectivity index (χ3n) is 3.36. The molecular weight excluding hydrogens is 296 g/mol. The number of hydrogen-bond acceptors (Lipinski definition) is 5. The van der Waals surface area contributed by atoms with Crippen molar-refractivity contribution in [1.82, 2.24) is 4.98 Å². The van der Waals surface area contributed by atoms with Crippen molar-refractivity contribution < 1.29 is 9.47 Å². The molecule has 3 rings (SSSR count). The molecule has 0 aliphatic rings. The zero-order valence-electron chi connectivity index (χ0n) is 12.4. The molecule has 0 radical (unpaired) electrons. The Balaban J connectivity index is 1.99. The Morgan fingerprint density at radius 3 is 2.50 bits per heavy atom. The van der Waals surface area contributed by atoms with Crippen LogP contribution in [0.1, 0.15) is 0 Å². The van der Waals surface area contributed by atoms with Crippen LogP contribution >= 0.6 is 11.3 Å². The lowest BCUT2D eigenvalue weighted by molar-refractivity contribution is 0.416. The molecular formula is C17H16N2O2S. The third-order valence-corrected chi connectivity index (χ3v) is 4.26. The van der Waals surface area contributed by atoms with Gasteiger partial charge in [-0.25, -0.2) is 4.98 Å².